The van der Waals surface area contributed by atoms with Gasteiger partial charge in [0.1, 0.15) is 11.7 Å². The maximum absolute atomic E-state index is 14.0. The van der Waals surface area contributed by atoms with Crippen LogP contribution in [-0.2, 0) is 27.4 Å². The van der Waals surface area contributed by atoms with E-state index in [1.165, 1.54) is 4.57 Å². The highest BCUT2D eigenvalue weighted by Crippen LogP contribution is 2.46. The number of fused-ring (bicyclic) bond motifs is 3. The van der Waals surface area contributed by atoms with Crippen LogP contribution in [0.4, 0.5) is 4.39 Å². The predicted octanol–water partition coefficient (Wildman–Crippen LogP) is 3.45. The molecule has 5 rings (SSSR count). The van der Waals surface area contributed by atoms with E-state index in [0.717, 1.165) is 17.3 Å². The van der Waals surface area contributed by atoms with Crippen LogP contribution in [0.2, 0.25) is 0 Å². The third kappa shape index (κ3) is 4.27. The van der Waals surface area contributed by atoms with Gasteiger partial charge in [0.25, 0.3) is 0 Å². The van der Waals surface area contributed by atoms with Crippen molar-refractivity contribution >= 4 is 11.6 Å². The molecule has 2 aromatic carbocycles. The molecule has 172 valence electrons. The Morgan fingerprint density at radius 3 is 2.39 bits per heavy atom. The minimum Gasteiger partial charge on any atom is -0.453 e. The van der Waals surface area contributed by atoms with Crippen molar-refractivity contribution in [3.05, 3.63) is 94.2 Å². The number of benzene rings is 2. The molecule has 1 fully saturated rings. The Balaban J connectivity index is 1.41. The van der Waals surface area contributed by atoms with Gasteiger partial charge in [0, 0.05) is 0 Å². The second kappa shape index (κ2) is 9.23. The summed E-state index contributed by atoms with van der Waals surface area (Å²) >= 11 is 6.43. The van der Waals surface area contributed by atoms with Crippen LogP contribution in [0.25, 0.3) is 0 Å². The van der Waals surface area contributed by atoms with E-state index < -0.39 is 35.4 Å². The predicted molar refractivity (Wildman–Crippen MR) is 118 cm³/mol. The summed E-state index contributed by atoms with van der Waals surface area (Å²) in [6, 6.07) is 19.4. The number of hydrogen-bond donors (Lipinski definition) is 0. The van der Waals surface area contributed by atoms with Crippen LogP contribution in [0, 0.1) is 5.82 Å². The number of nitrogens with zero attached hydrogens (tertiary/aromatic N) is 2. The van der Waals surface area contributed by atoms with Crippen LogP contribution in [0.1, 0.15) is 17.4 Å². The highest BCUT2D eigenvalue weighted by molar-refractivity contribution is 6.18. The zero-order valence-electron chi connectivity index (χ0n) is 17.6. The Bertz CT molecular complexity index is 1160. The smallest absolute Gasteiger partial charge is 0.311 e. The summed E-state index contributed by atoms with van der Waals surface area (Å²) in [7, 11) is 0. The van der Waals surface area contributed by atoms with E-state index >= 15 is 0 Å². The lowest BCUT2D eigenvalue weighted by Gasteiger charge is -2.33. The average molecular weight is 473 g/mol. The Morgan fingerprint density at radius 2 is 1.73 bits per heavy atom. The quantitative estimate of drug-likeness (QED) is 0.468. The molecule has 9 heteroatoms. The molecule has 0 saturated carbocycles. The van der Waals surface area contributed by atoms with Gasteiger partial charge in [-0.3, -0.25) is 9.36 Å². The summed E-state index contributed by atoms with van der Waals surface area (Å²) in [5.41, 5.74) is -0.0773. The van der Waals surface area contributed by atoms with Crippen molar-refractivity contribution in [1.29, 1.82) is 0 Å². The third-order valence-electron chi connectivity index (χ3n) is 5.80. The van der Waals surface area contributed by atoms with E-state index in [1.54, 1.807) is 0 Å². The average Bonchev–Trinajstić information content (AvgIpc) is 3.32. The molecule has 2 aliphatic rings. The van der Waals surface area contributed by atoms with E-state index in [1.807, 2.05) is 60.7 Å². The molecule has 0 radical (unpaired) electrons. The zero-order valence-corrected chi connectivity index (χ0v) is 18.4. The van der Waals surface area contributed by atoms with Crippen LogP contribution >= 0.6 is 11.6 Å². The van der Waals surface area contributed by atoms with Crippen molar-refractivity contribution in [2.75, 3.05) is 12.5 Å². The second-order valence-electron chi connectivity index (χ2n) is 8.07. The standard InChI is InChI=1S/C24H22ClFN2O5/c25-14-24(15-30-12-16-7-3-1-4-8-16)20(31-13-17-9-5-2-6-10-17)19-22(33-24)28-11-18(26)21(29)27-23(28)32-19/h1-11,19-20,22H,12-15H2/t19-,20-,22+,24+/m0/s1. The van der Waals surface area contributed by atoms with Gasteiger partial charge in [-0.05, 0) is 11.1 Å². The van der Waals surface area contributed by atoms with Gasteiger partial charge in [0.2, 0.25) is 5.82 Å². The number of halogens is 2. The van der Waals surface area contributed by atoms with Gasteiger partial charge in [0.05, 0.1) is 31.9 Å². The maximum Gasteiger partial charge on any atom is 0.311 e. The van der Waals surface area contributed by atoms with E-state index in [4.69, 9.17) is 30.5 Å². The highest BCUT2D eigenvalue weighted by Gasteiger charge is 2.61. The van der Waals surface area contributed by atoms with Gasteiger partial charge in [-0.2, -0.15) is 9.37 Å². The van der Waals surface area contributed by atoms with E-state index in [9.17, 15) is 9.18 Å². The first-order valence-corrected chi connectivity index (χ1v) is 11.1. The second-order valence-corrected chi connectivity index (χ2v) is 8.34. The van der Waals surface area contributed by atoms with Gasteiger partial charge in [-0.15, -0.1) is 11.6 Å². The molecule has 0 unspecified atom stereocenters. The zero-order chi connectivity index (χ0) is 22.8. The van der Waals surface area contributed by atoms with Crippen molar-refractivity contribution in [3.8, 4) is 6.01 Å². The van der Waals surface area contributed by atoms with E-state index in [-0.39, 0.29) is 25.1 Å². The fourth-order valence-corrected chi connectivity index (χ4v) is 4.46. The van der Waals surface area contributed by atoms with Crippen molar-refractivity contribution in [3.63, 3.8) is 0 Å². The van der Waals surface area contributed by atoms with Crippen molar-refractivity contribution in [1.82, 2.24) is 9.55 Å². The summed E-state index contributed by atoms with van der Waals surface area (Å²) in [4.78, 5) is 15.3. The van der Waals surface area contributed by atoms with Crippen molar-refractivity contribution in [2.45, 2.75) is 37.3 Å². The van der Waals surface area contributed by atoms with Crippen molar-refractivity contribution < 1.29 is 23.3 Å². The number of alkyl halides is 1. The van der Waals surface area contributed by atoms with Gasteiger partial charge in [0.15, 0.2) is 12.3 Å². The van der Waals surface area contributed by atoms with Crippen molar-refractivity contribution in [2.24, 2.45) is 0 Å². The summed E-state index contributed by atoms with van der Waals surface area (Å²) in [5, 5.41) is 0. The molecule has 0 amide bonds. The fraction of sp³-hybridized carbons (Fsp3) is 0.333. The Labute approximate surface area is 194 Å². The lowest BCUT2D eigenvalue weighted by atomic mass is 9.97. The number of aromatic nitrogens is 2. The molecule has 0 N–H and O–H groups in total. The summed E-state index contributed by atoms with van der Waals surface area (Å²) in [6.07, 6.45) is -1.06. The highest BCUT2D eigenvalue weighted by atomic mass is 35.5. The van der Waals surface area contributed by atoms with E-state index in [0.29, 0.717) is 6.61 Å². The molecule has 33 heavy (non-hydrogen) atoms. The first-order valence-electron chi connectivity index (χ1n) is 10.6. The fourth-order valence-electron chi connectivity index (χ4n) is 4.17. The molecule has 0 bridgehead atoms. The first-order chi connectivity index (χ1) is 16.1. The SMILES string of the molecule is O=c1nc2n(cc1F)[C@@H]1O[C@](CCl)(COCc3ccccc3)[C@@H](OCc3ccccc3)[C@@H]1O2. The normalized spacial score (nSPS) is 25.5. The molecular weight excluding hydrogens is 451 g/mol. The molecule has 3 heterocycles. The summed E-state index contributed by atoms with van der Waals surface area (Å²) in [6.45, 7) is 0.783. The number of rotatable bonds is 8. The summed E-state index contributed by atoms with van der Waals surface area (Å²) < 4.78 is 39.8. The van der Waals surface area contributed by atoms with Crippen LogP contribution in [0.3, 0.4) is 0 Å². The van der Waals surface area contributed by atoms with Crippen LogP contribution in [0.15, 0.2) is 71.7 Å². The van der Waals surface area contributed by atoms with Gasteiger partial charge >= 0.3 is 11.6 Å². The van der Waals surface area contributed by atoms with Gasteiger partial charge in [-0.1, -0.05) is 60.7 Å². The number of hydrogen-bond acceptors (Lipinski definition) is 6. The lowest BCUT2D eigenvalue weighted by molar-refractivity contribution is -0.146. The Kier molecular flexibility index (Phi) is 6.16. The largest absolute Gasteiger partial charge is 0.453 e. The molecule has 7 nitrogen and oxygen atoms in total. The van der Waals surface area contributed by atoms with Crippen LogP contribution < -0.4 is 10.3 Å². The van der Waals surface area contributed by atoms with Gasteiger partial charge < -0.3 is 18.9 Å². The summed E-state index contributed by atoms with van der Waals surface area (Å²) in [5.74, 6) is -0.930. The molecular formula is C24H22ClFN2O5. The minimum absolute atomic E-state index is 0.0157. The monoisotopic (exact) mass is 472 g/mol. The molecule has 1 aromatic heterocycles. The third-order valence-corrected chi connectivity index (χ3v) is 6.25. The topological polar surface area (TPSA) is 71.8 Å². The minimum atomic E-state index is -1.06. The lowest BCUT2D eigenvalue weighted by Crippen LogP contribution is -2.51. The van der Waals surface area contributed by atoms with Crippen LogP contribution in [-0.4, -0.2) is 39.8 Å². The molecule has 2 aliphatic heterocycles. The first kappa shape index (κ1) is 22.0. The molecule has 0 aliphatic carbocycles. The molecule has 4 atom stereocenters. The molecule has 1 saturated heterocycles. The Morgan fingerprint density at radius 1 is 1.06 bits per heavy atom. The van der Waals surface area contributed by atoms with E-state index in [2.05, 4.69) is 4.98 Å². The maximum atomic E-state index is 14.0. The molecule has 3 aromatic rings. The Hall–Kier alpha value is -2.78. The van der Waals surface area contributed by atoms with Crippen LogP contribution in [0.5, 0.6) is 6.01 Å². The van der Waals surface area contributed by atoms with Gasteiger partial charge in [-0.25, -0.2) is 0 Å². The number of ether oxygens (including phenoxy) is 4. The molecule has 0 spiro atoms.